The van der Waals surface area contributed by atoms with E-state index in [-0.39, 0.29) is 10.8 Å². The molecule has 2 aromatic rings. The molecule has 0 aliphatic heterocycles. The van der Waals surface area contributed by atoms with Gasteiger partial charge in [-0.3, -0.25) is 19.1 Å². The van der Waals surface area contributed by atoms with E-state index in [1.807, 2.05) is 4.98 Å². The number of carbonyl (C=O) groups is 2. The Morgan fingerprint density at radius 1 is 1.38 bits per heavy atom. The molecule has 1 aromatic heterocycles. The number of ether oxygens (including phenoxy) is 1. The highest BCUT2D eigenvalue weighted by Gasteiger charge is 2.21. The quantitative estimate of drug-likeness (QED) is 0.607. The number of hydrogen-bond donors (Lipinski definition) is 2. The summed E-state index contributed by atoms with van der Waals surface area (Å²) in [7, 11) is 1.25. The number of esters is 1. The molecule has 0 amide bonds. The molecule has 3 N–H and O–H groups in total. The highest BCUT2D eigenvalue weighted by atomic mass is 35.5. The Labute approximate surface area is 138 Å². The van der Waals surface area contributed by atoms with Crippen LogP contribution in [0.1, 0.15) is 20.7 Å². The SMILES string of the molecule is Cn1c(N)c(C(=O)COC(=O)c2cc(Cl)ccc2F)c(=O)[nH]c1=O. The predicted molar refractivity (Wildman–Crippen MR) is 82.7 cm³/mol. The van der Waals surface area contributed by atoms with E-state index in [0.717, 1.165) is 16.7 Å². The Bertz CT molecular complexity index is 950. The zero-order valence-corrected chi connectivity index (χ0v) is 13.0. The number of H-pyrrole nitrogens is 1. The van der Waals surface area contributed by atoms with Crippen molar-refractivity contribution in [3.8, 4) is 0 Å². The van der Waals surface area contributed by atoms with Crippen LogP contribution in [0.25, 0.3) is 0 Å². The first-order valence-corrected chi connectivity index (χ1v) is 6.84. The molecule has 0 aliphatic rings. The third-order valence-electron chi connectivity index (χ3n) is 3.13. The number of benzene rings is 1. The van der Waals surface area contributed by atoms with Crippen LogP contribution in [0.15, 0.2) is 27.8 Å². The molecule has 0 atom stereocenters. The first-order chi connectivity index (χ1) is 11.2. The number of nitrogens with two attached hydrogens (primary N) is 1. The number of Topliss-reactive ketones (excluding diaryl/α,β-unsaturated/α-hetero) is 1. The van der Waals surface area contributed by atoms with E-state index in [4.69, 9.17) is 17.3 Å². The summed E-state index contributed by atoms with van der Waals surface area (Å²) in [6.07, 6.45) is 0. The number of aromatic nitrogens is 2. The molecule has 1 heterocycles. The molecule has 2 rings (SSSR count). The van der Waals surface area contributed by atoms with Gasteiger partial charge in [0.1, 0.15) is 17.2 Å². The molecule has 10 heteroatoms. The van der Waals surface area contributed by atoms with Crippen LogP contribution in [0.2, 0.25) is 5.02 Å². The summed E-state index contributed by atoms with van der Waals surface area (Å²) in [6, 6.07) is 3.25. The van der Waals surface area contributed by atoms with Gasteiger partial charge in [-0.25, -0.2) is 14.0 Å². The second-order valence-corrected chi connectivity index (χ2v) is 5.14. The minimum absolute atomic E-state index is 0.105. The van der Waals surface area contributed by atoms with Crippen LogP contribution in [0, 0.1) is 5.82 Å². The number of nitrogens with zero attached hydrogens (tertiary/aromatic N) is 1. The van der Waals surface area contributed by atoms with E-state index in [2.05, 4.69) is 4.74 Å². The number of aromatic amines is 1. The van der Waals surface area contributed by atoms with Crippen molar-refractivity contribution in [2.75, 3.05) is 12.3 Å². The van der Waals surface area contributed by atoms with Crippen LogP contribution < -0.4 is 17.0 Å². The number of anilines is 1. The lowest BCUT2D eigenvalue weighted by molar-refractivity contribution is 0.0469. The maximum absolute atomic E-state index is 13.5. The summed E-state index contributed by atoms with van der Waals surface area (Å²) in [5.74, 6) is -3.33. The molecule has 0 bridgehead atoms. The molecule has 0 aliphatic carbocycles. The van der Waals surface area contributed by atoms with Gasteiger partial charge in [0.2, 0.25) is 5.78 Å². The lowest BCUT2D eigenvalue weighted by atomic mass is 10.2. The topological polar surface area (TPSA) is 124 Å². The Morgan fingerprint density at radius 3 is 2.71 bits per heavy atom. The first kappa shape index (κ1) is 17.4. The van der Waals surface area contributed by atoms with Crippen LogP contribution in [0.5, 0.6) is 0 Å². The summed E-state index contributed by atoms with van der Waals surface area (Å²) >= 11 is 5.66. The van der Waals surface area contributed by atoms with Gasteiger partial charge in [-0.15, -0.1) is 0 Å². The number of nitrogens with one attached hydrogen (secondary N) is 1. The van der Waals surface area contributed by atoms with Crippen molar-refractivity contribution in [2.24, 2.45) is 7.05 Å². The molecule has 0 fully saturated rings. The first-order valence-electron chi connectivity index (χ1n) is 6.46. The van der Waals surface area contributed by atoms with Gasteiger partial charge in [0.25, 0.3) is 5.56 Å². The molecule has 0 saturated carbocycles. The highest BCUT2D eigenvalue weighted by molar-refractivity contribution is 6.30. The van der Waals surface area contributed by atoms with Crippen LogP contribution in [0.3, 0.4) is 0 Å². The lowest BCUT2D eigenvalue weighted by Gasteiger charge is -2.08. The van der Waals surface area contributed by atoms with Gasteiger partial charge in [0.05, 0.1) is 5.56 Å². The Kier molecular flexibility index (Phi) is 4.84. The number of nitrogen functional groups attached to an aromatic ring is 1. The van der Waals surface area contributed by atoms with E-state index in [9.17, 15) is 23.6 Å². The molecule has 24 heavy (non-hydrogen) atoms. The van der Waals surface area contributed by atoms with Crippen molar-refractivity contribution in [3.05, 3.63) is 61.0 Å². The van der Waals surface area contributed by atoms with Gasteiger partial charge in [-0.05, 0) is 18.2 Å². The van der Waals surface area contributed by atoms with E-state index < -0.39 is 46.6 Å². The Morgan fingerprint density at radius 2 is 2.04 bits per heavy atom. The maximum Gasteiger partial charge on any atom is 0.341 e. The van der Waals surface area contributed by atoms with Crippen LogP contribution in [-0.2, 0) is 11.8 Å². The van der Waals surface area contributed by atoms with Crippen molar-refractivity contribution in [1.29, 1.82) is 0 Å². The van der Waals surface area contributed by atoms with E-state index in [0.29, 0.717) is 0 Å². The van der Waals surface area contributed by atoms with E-state index >= 15 is 0 Å². The smallest absolute Gasteiger partial charge is 0.341 e. The molecular formula is C14H11ClFN3O5. The van der Waals surface area contributed by atoms with E-state index in [1.165, 1.54) is 13.1 Å². The van der Waals surface area contributed by atoms with Crippen LogP contribution in [0.4, 0.5) is 10.2 Å². The van der Waals surface area contributed by atoms with Gasteiger partial charge < -0.3 is 10.5 Å². The fourth-order valence-corrected chi connectivity index (χ4v) is 2.01. The second-order valence-electron chi connectivity index (χ2n) is 4.70. The average Bonchev–Trinajstić information content (AvgIpc) is 2.52. The molecule has 1 aromatic carbocycles. The summed E-state index contributed by atoms with van der Waals surface area (Å²) in [4.78, 5) is 48.7. The zero-order chi connectivity index (χ0) is 18.0. The van der Waals surface area contributed by atoms with Gasteiger partial charge >= 0.3 is 11.7 Å². The third-order valence-corrected chi connectivity index (χ3v) is 3.37. The van der Waals surface area contributed by atoms with Gasteiger partial charge in [-0.2, -0.15) is 0 Å². The van der Waals surface area contributed by atoms with Crippen molar-refractivity contribution in [2.45, 2.75) is 0 Å². The summed E-state index contributed by atoms with van der Waals surface area (Å²) in [6.45, 7) is -0.865. The Hall–Kier alpha value is -2.94. The van der Waals surface area contributed by atoms with Gasteiger partial charge in [-0.1, -0.05) is 11.6 Å². The number of ketones is 1. The molecule has 0 saturated heterocycles. The average molecular weight is 356 g/mol. The minimum atomic E-state index is -1.14. The Balaban J connectivity index is 2.21. The van der Waals surface area contributed by atoms with Gasteiger partial charge in [0, 0.05) is 12.1 Å². The number of halogens is 2. The summed E-state index contributed by atoms with van der Waals surface area (Å²) in [5, 5.41) is 0.105. The fourth-order valence-electron chi connectivity index (χ4n) is 1.84. The molecule has 0 radical (unpaired) electrons. The normalized spacial score (nSPS) is 10.5. The maximum atomic E-state index is 13.5. The minimum Gasteiger partial charge on any atom is -0.454 e. The van der Waals surface area contributed by atoms with Crippen LogP contribution in [-0.4, -0.2) is 27.9 Å². The highest BCUT2D eigenvalue weighted by Crippen LogP contribution is 2.16. The lowest BCUT2D eigenvalue weighted by Crippen LogP contribution is -2.35. The third kappa shape index (κ3) is 3.35. The van der Waals surface area contributed by atoms with Crippen molar-refractivity contribution in [1.82, 2.24) is 9.55 Å². The van der Waals surface area contributed by atoms with Crippen LogP contribution >= 0.6 is 11.6 Å². The zero-order valence-electron chi connectivity index (χ0n) is 12.3. The molecule has 0 unspecified atom stereocenters. The number of rotatable bonds is 4. The molecule has 126 valence electrons. The summed E-state index contributed by atoms with van der Waals surface area (Å²) in [5.41, 5.74) is 2.75. The largest absolute Gasteiger partial charge is 0.454 e. The van der Waals surface area contributed by atoms with Crippen molar-refractivity contribution in [3.63, 3.8) is 0 Å². The van der Waals surface area contributed by atoms with Crippen molar-refractivity contribution >= 4 is 29.2 Å². The second kappa shape index (κ2) is 6.67. The molecule has 0 spiro atoms. The van der Waals surface area contributed by atoms with Crippen molar-refractivity contribution < 1.29 is 18.7 Å². The molecular weight excluding hydrogens is 345 g/mol. The predicted octanol–water partition coefficient (Wildman–Crippen LogP) is 0.488. The monoisotopic (exact) mass is 355 g/mol. The fraction of sp³-hybridized carbons (Fsp3) is 0.143. The summed E-state index contributed by atoms with van der Waals surface area (Å²) < 4.78 is 19.1. The number of carbonyl (C=O) groups excluding carboxylic acids is 2. The van der Waals surface area contributed by atoms with Gasteiger partial charge in [0.15, 0.2) is 6.61 Å². The number of hydrogen-bond acceptors (Lipinski definition) is 6. The molecule has 8 nitrogen and oxygen atoms in total. The van der Waals surface area contributed by atoms with E-state index in [1.54, 1.807) is 0 Å². The standard InChI is InChI=1S/C14H11ClFN3O5/c1-19-11(17)10(12(21)18-14(19)23)9(20)5-24-13(22)7-4-6(15)2-3-8(7)16/h2-4H,5,17H2,1H3,(H,18,21,23).